The number of hydrogen-bond acceptors (Lipinski definition) is 8. The number of amides is 2. The van der Waals surface area contributed by atoms with Gasteiger partial charge in [0.1, 0.15) is 17.4 Å². The largest absolute Gasteiger partial charge is 0.480 e. The first-order valence-corrected chi connectivity index (χ1v) is 15.9. The molecule has 240 valence electrons. The summed E-state index contributed by atoms with van der Waals surface area (Å²) in [5.74, 6) is -3.83. The van der Waals surface area contributed by atoms with Gasteiger partial charge in [-0.1, -0.05) is 32.0 Å². The first-order chi connectivity index (χ1) is 21.8. The fourth-order valence-electron chi connectivity index (χ4n) is 5.45. The Morgan fingerprint density at radius 1 is 1.02 bits per heavy atom. The molecule has 2 aromatic heterocycles. The van der Waals surface area contributed by atoms with Crippen LogP contribution in [0.15, 0.2) is 59.6 Å². The van der Waals surface area contributed by atoms with Crippen LogP contribution >= 0.6 is 0 Å². The van der Waals surface area contributed by atoms with Crippen LogP contribution in [0.1, 0.15) is 79.9 Å². The highest BCUT2D eigenvalue weighted by Gasteiger charge is 2.30. The first-order valence-electron chi connectivity index (χ1n) is 14.4. The van der Waals surface area contributed by atoms with E-state index in [0.717, 1.165) is 11.1 Å². The van der Waals surface area contributed by atoms with Gasteiger partial charge in [-0.3, -0.25) is 14.4 Å². The van der Waals surface area contributed by atoms with Gasteiger partial charge in [-0.05, 0) is 66.1 Å². The van der Waals surface area contributed by atoms with Crippen LogP contribution in [0.4, 0.5) is 0 Å². The minimum absolute atomic E-state index is 0.0144. The Hall–Kier alpha value is -5.15. The number of fused-ring (bicyclic) bond motifs is 2. The van der Waals surface area contributed by atoms with Crippen molar-refractivity contribution in [1.82, 2.24) is 30.0 Å². The van der Waals surface area contributed by atoms with E-state index < -0.39 is 45.7 Å². The fourth-order valence-corrected chi connectivity index (χ4v) is 6.79. The minimum atomic E-state index is -4.10. The molecule has 0 unspecified atom stereocenters. The van der Waals surface area contributed by atoms with Crippen molar-refractivity contribution < 1.29 is 37.8 Å². The van der Waals surface area contributed by atoms with E-state index in [1.807, 2.05) is 0 Å². The zero-order valence-electron chi connectivity index (χ0n) is 25.1. The van der Waals surface area contributed by atoms with Crippen molar-refractivity contribution in [2.45, 2.75) is 57.1 Å². The minimum Gasteiger partial charge on any atom is -0.480 e. The second-order valence-corrected chi connectivity index (χ2v) is 13.0. The van der Waals surface area contributed by atoms with Crippen LogP contribution in [0.3, 0.4) is 0 Å². The highest BCUT2D eigenvalue weighted by Crippen LogP contribution is 2.35. The first kappa shape index (κ1) is 32.2. The molecule has 1 aliphatic carbocycles. The molecular weight excluding hydrogens is 616 g/mol. The Morgan fingerprint density at radius 2 is 1.74 bits per heavy atom. The molecule has 15 heteroatoms. The van der Waals surface area contributed by atoms with Gasteiger partial charge in [-0.2, -0.15) is 9.82 Å². The summed E-state index contributed by atoms with van der Waals surface area (Å²) in [6.07, 6.45) is 2.64. The predicted octanol–water partition coefficient (Wildman–Crippen LogP) is 2.47. The number of nitrogens with one attached hydrogen (secondary N) is 3. The molecule has 2 aromatic carbocycles. The lowest BCUT2D eigenvalue weighted by Gasteiger charge is -2.18. The van der Waals surface area contributed by atoms with Gasteiger partial charge >= 0.3 is 11.9 Å². The normalized spacial score (nSPS) is 15.0. The van der Waals surface area contributed by atoms with Gasteiger partial charge < -0.3 is 20.8 Å². The smallest absolute Gasteiger partial charge is 0.335 e. The van der Waals surface area contributed by atoms with Gasteiger partial charge in [0, 0.05) is 18.7 Å². The lowest BCUT2D eigenvalue weighted by Crippen LogP contribution is -2.44. The molecule has 2 amide bonds. The van der Waals surface area contributed by atoms with Crippen molar-refractivity contribution in [3.63, 3.8) is 0 Å². The van der Waals surface area contributed by atoms with E-state index in [4.69, 9.17) is 0 Å². The number of aromatic nitrogens is 3. The SMILES string of the molecule is Cc1c(C(=O)O)ccc2c1CC[C@@H]2NC(=O)c1cc(C(=O)NCc2ccc(S(=O)(=O)N[C@H](C(=O)O)C(C)C)cc2)nc2ccnn12. The van der Waals surface area contributed by atoms with Gasteiger partial charge in [-0.25, -0.2) is 22.7 Å². The number of hydrogen-bond donors (Lipinski definition) is 5. The molecule has 0 bridgehead atoms. The monoisotopic (exact) mass is 648 g/mol. The second kappa shape index (κ2) is 12.7. The number of rotatable bonds is 11. The Kier molecular flexibility index (Phi) is 8.90. The van der Waals surface area contributed by atoms with Crippen LogP contribution in [0, 0.1) is 12.8 Å². The third-order valence-electron chi connectivity index (χ3n) is 7.96. The Labute approximate surface area is 263 Å². The number of nitrogens with zero attached hydrogens (tertiary/aromatic N) is 3. The third-order valence-corrected chi connectivity index (χ3v) is 9.41. The van der Waals surface area contributed by atoms with Crippen molar-refractivity contribution in [1.29, 1.82) is 0 Å². The molecule has 0 spiro atoms. The summed E-state index contributed by atoms with van der Waals surface area (Å²) >= 11 is 0. The molecule has 5 N–H and O–H groups in total. The van der Waals surface area contributed by atoms with Crippen molar-refractivity contribution in [3.05, 3.63) is 93.9 Å². The van der Waals surface area contributed by atoms with Crippen LogP contribution < -0.4 is 15.4 Å². The Bertz CT molecular complexity index is 1970. The number of sulfonamides is 1. The maximum atomic E-state index is 13.5. The van der Waals surface area contributed by atoms with Gasteiger partial charge in [-0.15, -0.1) is 0 Å². The van der Waals surface area contributed by atoms with E-state index in [9.17, 15) is 37.8 Å². The van der Waals surface area contributed by atoms with Gasteiger partial charge in [0.2, 0.25) is 10.0 Å². The standard InChI is InChI=1S/C31H32N6O8S/c1-16(2)27(31(42)43)36-46(44,45)19-6-4-18(5-7-19)15-32-28(38)24-14-25(37-26(34-24)12-13-33-37)29(39)35-23-11-10-20-17(3)21(30(40)41)8-9-22(20)23/h4-9,12-14,16,23,27,36H,10-11,15H2,1-3H3,(H,32,38)(H,35,39)(H,40,41)(H,42,43)/t23-,27-/m0/s1. The summed E-state index contributed by atoms with van der Waals surface area (Å²) < 4.78 is 28.9. The molecule has 2 atom stereocenters. The molecule has 0 saturated heterocycles. The molecule has 5 rings (SSSR count). The van der Waals surface area contributed by atoms with E-state index in [1.54, 1.807) is 32.9 Å². The fraction of sp³-hybridized carbons (Fsp3) is 0.290. The van der Waals surface area contributed by atoms with Crippen LogP contribution in [0.25, 0.3) is 5.65 Å². The molecule has 0 saturated carbocycles. The maximum Gasteiger partial charge on any atom is 0.335 e. The predicted molar refractivity (Wildman–Crippen MR) is 164 cm³/mol. The zero-order chi connectivity index (χ0) is 33.3. The maximum absolute atomic E-state index is 13.5. The highest BCUT2D eigenvalue weighted by atomic mass is 32.2. The molecule has 46 heavy (non-hydrogen) atoms. The van der Waals surface area contributed by atoms with Crippen LogP contribution in [0.5, 0.6) is 0 Å². The lowest BCUT2D eigenvalue weighted by molar-refractivity contribution is -0.140. The van der Waals surface area contributed by atoms with E-state index in [-0.39, 0.29) is 40.1 Å². The van der Waals surface area contributed by atoms with Crippen LogP contribution in [-0.2, 0) is 27.8 Å². The van der Waals surface area contributed by atoms with Crippen molar-refractivity contribution in [3.8, 4) is 0 Å². The average molecular weight is 649 g/mol. The summed E-state index contributed by atoms with van der Waals surface area (Å²) in [4.78, 5) is 53.8. The summed E-state index contributed by atoms with van der Waals surface area (Å²) in [5, 5.41) is 28.6. The molecule has 0 aliphatic heterocycles. The van der Waals surface area contributed by atoms with Crippen LogP contribution in [0.2, 0.25) is 0 Å². The van der Waals surface area contributed by atoms with E-state index in [1.165, 1.54) is 47.1 Å². The number of carboxylic acids is 2. The number of aliphatic carboxylic acids is 1. The molecule has 1 aliphatic rings. The topological polar surface area (TPSA) is 209 Å². The zero-order valence-corrected chi connectivity index (χ0v) is 26.0. The summed E-state index contributed by atoms with van der Waals surface area (Å²) in [6.45, 7) is 4.96. The van der Waals surface area contributed by atoms with E-state index in [2.05, 4.69) is 25.4 Å². The summed E-state index contributed by atoms with van der Waals surface area (Å²) in [7, 11) is -4.10. The van der Waals surface area contributed by atoms with Gasteiger partial charge in [0.25, 0.3) is 11.8 Å². The second-order valence-electron chi connectivity index (χ2n) is 11.3. The molecule has 2 heterocycles. The molecule has 14 nitrogen and oxygen atoms in total. The summed E-state index contributed by atoms with van der Waals surface area (Å²) in [5.41, 5.74) is 3.51. The summed E-state index contributed by atoms with van der Waals surface area (Å²) in [6, 6.07) is 10.1. The van der Waals surface area contributed by atoms with Crippen molar-refractivity contribution in [2.75, 3.05) is 0 Å². The lowest BCUT2D eigenvalue weighted by atomic mass is 9.98. The van der Waals surface area contributed by atoms with E-state index >= 15 is 0 Å². The number of benzene rings is 2. The molecule has 4 aromatic rings. The number of carbonyl (C=O) groups excluding carboxylic acids is 2. The van der Waals surface area contributed by atoms with Crippen molar-refractivity contribution in [2.24, 2.45) is 5.92 Å². The van der Waals surface area contributed by atoms with E-state index in [0.29, 0.717) is 24.0 Å². The quantitative estimate of drug-likeness (QED) is 0.160. The van der Waals surface area contributed by atoms with Crippen molar-refractivity contribution >= 4 is 39.4 Å². The van der Waals surface area contributed by atoms with Gasteiger partial charge in [0.15, 0.2) is 5.65 Å². The van der Waals surface area contributed by atoms with Crippen LogP contribution in [-0.4, -0.2) is 63.0 Å². The highest BCUT2D eigenvalue weighted by molar-refractivity contribution is 7.89. The van der Waals surface area contributed by atoms with Gasteiger partial charge in [0.05, 0.1) is 22.7 Å². The molecular formula is C31H32N6O8S. The molecule has 0 fully saturated rings. The average Bonchev–Trinajstić information content (AvgIpc) is 3.65. The number of carboxylic acid groups (broad SMARTS) is 2. The number of carbonyl (C=O) groups is 4. The Balaban J connectivity index is 1.29. The molecule has 0 radical (unpaired) electrons. The third kappa shape index (κ3) is 6.46. The Morgan fingerprint density at radius 3 is 2.39 bits per heavy atom. The number of aromatic carboxylic acids is 1.